The first-order valence-corrected chi connectivity index (χ1v) is 8.08. The van der Waals surface area contributed by atoms with Crippen molar-refractivity contribution < 1.29 is 0 Å². The third-order valence-corrected chi connectivity index (χ3v) is 5.46. The molecule has 0 fully saturated rings. The summed E-state index contributed by atoms with van der Waals surface area (Å²) in [5, 5.41) is 4.55. The van der Waals surface area contributed by atoms with Crippen LogP contribution in [0.15, 0.2) is 23.2 Å². The van der Waals surface area contributed by atoms with Crippen LogP contribution in [0.3, 0.4) is 0 Å². The lowest BCUT2D eigenvalue weighted by atomic mass is 9.84. The number of hydrogen-bond donors (Lipinski definition) is 1. The fourth-order valence-electron chi connectivity index (χ4n) is 2.37. The van der Waals surface area contributed by atoms with Crippen LogP contribution in [-0.2, 0) is 0 Å². The van der Waals surface area contributed by atoms with E-state index in [0.29, 0.717) is 5.41 Å². The molecule has 1 heterocycles. The Morgan fingerprint density at radius 2 is 2.00 bits per heavy atom. The van der Waals surface area contributed by atoms with Gasteiger partial charge in [-0.1, -0.05) is 43.3 Å². The van der Waals surface area contributed by atoms with E-state index in [0.717, 1.165) is 11.7 Å². The molecule has 0 aromatic heterocycles. The van der Waals surface area contributed by atoms with Gasteiger partial charge in [-0.25, -0.2) is 0 Å². The van der Waals surface area contributed by atoms with Gasteiger partial charge in [0.05, 0.1) is 0 Å². The fraction of sp³-hybridized carbons (Fsp3) is 0.562. The van der Waals surface area contributed by atoms with Crippen molar-refractivity contribution in [3.8, 4) is 0 Å². The predicted octanol–water partition coefficient (Wildman–Crippen LogP) is 4.62. The molecule has 1 aliphatic heterocycles. The number of thioether (sulfide) groups is 1. The summed E-state index contributed by atoms with van der Waals surface area (Å²) in [6, 6.07) is 6.50. The number of aliphatic imine (C=N–C) groups is 1. The summed E-state index contributed by atoms with van der Waals surface area (Å²) in [5.41, 5.74) is 4.18. The lowest BCUT2D eigenvalue weighted by molar-refractivity contribution is 0.318. The Balaban J connectivity index is 2.07. The van der Waals surface area contributed by atoms with Crippen LogP contribution in [0, 0.1) is 19.3 Å². The molecule has 0 bridgehead atoms. The highest BCUT2D eigenvalue weighted by Gasteiger charge is 2.30. The van der Waals surface area contributed by atoms with Gasteiger partial charge in [0.25, 0.3) is 0 Å². The minimum Gasteiger partial charge on any atom is -0.335 e. The van der Waals surface area contributed by atoms with Crippen molar-refractivity contribution in [2.45, 2.75) is 40.5 Å². The summed E-state index contributed by atoms with van der Waals surface area (Å²) in [4.78, 5) is 4.75. The van der Waals surface area contributed by atoms with Gasteiger partial charge in [0.15, 0.2) is 5.17 Å². The smallest absolute Gasteiger partial charge is 0.161 e. The third-order valence-electron chi connectivity index (χ3n) is 4.20. The van der Waals surface area contributed by atoms with Gasteiger partial charge < -0.3 is 5.32 Å². The number of aryl methyl sites for hydroxylation is 2. The van der Waals surface area contributed by atoms with E-state index in [2.05, 4.69) is 51.2 Å². The first kappa shape index (κ1) is 14.4. The first-order valence-electron chi connectivity index (χ1n) is 7.10. The number of hydrogen-bond acceptors (Lipinski definition) is 3. The second-order valence-electron chi connectivity index (χ2n) is 5.56. The Morgan fingerprint density at radius 1 is 1.26 bits per heavy atom. The van der Waals surface area contributed by atoms with Gasteiger partial charge in [0, 0.05) is 18.0 Å². The van der Waals surface area contributed by atoms with Crippen molar-refractivity contribution >= 4 is 22.6 Å². The Kier molecular flexibility index (Phi) is 4.56. The number of benzene rings is 1. The molecular weight excluding hydrogens is 252 g/mol. The summed E-state index contributed by atoms with van der Waals surface area (Å²) in [6.07, 6.45) is 2.44. The van der Waals surface area contributed by atoms with Crippen molar-refractivity contribution in [2.75, 3.05) is 17.6 Å². The van der Waals surface area contributed by atoms with Crippen LogP contribution in [0.5, 0.6) is 0 Å². The van der Waals surface area contributed by atoms with Crippen molar-refractivity contribution in [1.82, 2.24) is 0 Å². The molecule has 1 aliphatic rings. The highest BCUT2D eigenvalue weighted by atomic mass is 32.2. The Bertz CT molecular complexity index is 476. The van der Waals surface area contributed by atoms with Crippen LogP contribution in [-0.4, -0.2) is 17.5 Å². The third kappa shape index (κ3) is 3.33. The standard InChI is InChI=1S/C16H24N2S/c1-5-16(6-2)10-17-15(19-11-16)18-14-8-7-12(3)9-13(14)4/h7-9H,5-6,10-11H2,1-4H3,(H,17,18). The van der Waals surface area contributed by atoms with Gasteiger partial charge in [-0.15, -0.1) is 0 Å². The molecule has 2 nitrogen and oxygen atoms in total. The first-order chi connectivity index (χ1) is 9.08. The molecule has 0 unspecified atom stereocenters. The van der Waals surface area contributed by atoms with E-state index in [9.17, 15) is 0 Å². The van der Waals surface area contributed by atoms with Crippen LogP contribution < -0.4 is 5.32 Å². The lowest BCUT2D eigenvalue weighted by Crippen LogP contribution is -2.32. The molecular formula is C16H24N2S. The van der Waals surface area contributed by atoms with Crippen molar-refractivity contribution in [2.24, 2.45) is 10.4 Å². The van der Waals surface area contributed by atoms with Crippen LogP contribution in [0.2, 0.25) is 0 Å². The molecule has 104 valence electrons. The average Bonchev–Trinajstić information content (AvgIpc) is 2.43. The fourth-order valence-corrected chi connectivity index (χ4v) is 3.66. The van der Waals surface area contributed by atoms with E-state index in [4.69, 9.17) is 4.99 Å². The van der Waals surface area contributed by atoms with E-state index in [1.165, 1.54) is 35.4 Å². The maximum Gasteiger partial charge on any atom is 0.161 e. The summed E-state index contributed by atoms with van der Waals surface area (Å²) in [6.45, 7) is 9.79. The molecule has 1 N–H and O–H groups in total. The predicted molar refractivity (Wildman–Crippen MR) is 87.3 cm³/mol. The van der Waals surface area contributed by atoms with Gasteiger partial charge in [0.2, 0.25) is 0 Å². The quantitative estimate of drug-likeness (QED) is 0.870. The molecule has 0 amide bonds. The maximum absolute atomic E-state index is 4.75. The largest absolute Gasteiger partial charge is 0.335 e. The van der Waals surface area contributed by atoms with Gasteiger partial charge in [-0.3, -0.25) is 4.99 Å². The number of nitrogens with zero attached hydrogens (tertiary/aromatic N) is 1. The summed E-state index contributed by atoms with van der Waals surface area (Å²) >= 11 is 1.87. The van der Waals surface area contributed by atoms with Crippen molar-refractivity contribution in [1.29, 1.82) is 0 Å². The zero-order valence-electron chi connectivity index (χ0n) is 12.4. The van der Waals surface area contributed by atoms with Crippen LogP contribution >= 0.6 is 11.8 Å². The highest BCUT2D eigenvalue weighted by molar-refractivity contribution is 8.14. The van der Waals surface area contributed by atoms with Gasteiger partial charge >= 0.3 is 0 Å². The highest BCUT2D eigenvalue weighted by Crippen LogP contribution is 2.35. The molecule has 1 aromatic rings. The molecule has 0 saturated heterocycles. The number of nitrogens with one attached hydrogen (secondary N) is 1. The van der Waals surface area contributed by atoms with E-state index < -0.39 is 0 Å². The summed E-state index contributed by atoms with van der Waals surface area (Å²) in [7, 11) is 0. The Hall–Kier alpha value is -0.960. The van der Waals surface area contributed by atoms with Crippen LogP contribution in [0.4, 0.5) is 5.69 Å². The zero-order chi connectivity index (χ0) is 13.9. The van der Waals surface area contributed by atoms with Gasteiger partial charge in [-0.2, -0.15) is 0 Å². The minimum atomic E-state index is 0.415. The molecule has 3 heteroatoms. The second-order valence-corrected chi connectivity index (χ2v) is 6.52. The molecule has 0 radical (unpaired) electrons. The molecule has 0 atom stereocenters. The van der Waals surface area contributed by atoms with E-state index in [1.54, 1.807) is 0 Å². The molecule has 0 spiro atoms. The van der Waals surface area contributed by atoms with E-state index in [1.807, 2.05) is 11.8 Å². The minimum absolute atomic E-state index is 0.415. The average molecular weight is 276 g/mol. The summed E-state index contributed by atoms with van der Waals surface area (Å²) < 4.78 is 0. The molecule has 1 aromatic carbocycles. The lowest BCUT2D eigenvalue weighted by Gasteiger charge is -2.33. The molecule has 0 saturated carbocycles. The van der Waals surface area contributed by atoms with E-state index >= 15 is 0 Å². The van der Waals surface area contributed by atoms with Gasteiger partial charge in [-0.05, 0) is 43.7 Å². The number of rotatable bonds is 3. The monoisotopic (exact) mass is 276 g/mol. The summed E-state index contributed by atoms with van der Waals surface area (Å²) in [5.74, 6) is 1.18. The zero-order valence-corrected chi connectivity index (χ0v) is 13.2. The van der Waals surface area contributed by atoms with Gasteiger partial charge in [0.1, 0.15) is 0 Å². The Morgan fingerprint density at radius 3 is 2.53 bits per heavy atom. The normalized spacial score (nSPS) is 18.0. The second kappa shape index (κ2) is 6.00. The van der Waals surface area contributed by atoms with Crippen molar-refractivity contribution in [3.05, 3.63) is 29.3 Å². The SMILES string of the molecule is CCC1(CC)CN=C(Nc2ccc(C)cc2C)SC1. The van der Waals surface area contributed by atoms with Crippen LogP contribution in [0.1, 0.15) is 37.8 Å². The molecule has 0 aliphatic carbocycles. The molecule has 2 rings (SSSR count). The number of anilines is 1. The topological polar surface area (TPSA) is 24.4 Å². The van der Waals surface area contributed by atoms with Crippen LogP contribution in [0.25, 0.3) is 0 Å². The van der Waals surface area contributed by atoms with Crippen molar-refractivity contribution in [3.63, 3.8) is 0 Å². The van der Waals surface area contributed by atoms with E-state index in [-0.39, 0.29) is 0 Å². The Labute approximate surface area is 121 Å². The number of amidine groups is 1. The molecule has 19 heavy (non-hydrogen) atoms. The maximum atomic E-state index is 4.75.